The van der Waals surface area contributed by atoms with Gasteiger partial charge in [-0.1, -0.05) is 30.3 Å². The van der Waals surface area contributed by atoms with E-state index in [0.717, 1.165) is 17.0 Å². The number of hydrogen-bond acceptors (Lipinski definition) is 5. The van der Waals surface area contributed by atoms with Gasteiger partial charge in [0.05, 0.1) is 5.56 Å². The molecular weight excluding hydrogens is 396 g/mol. The molecule has 0 saturated carbocycles. The molecule has 0 spiro atoms. The average molecular weight is 420 g/mol. The van der Waals surface area contributed by atoms with E-state index in [1.165, 1.54) is 0 Å². The second-order valence-electron chi connectivity index (χ2n) is 7.46. The molecule has 2 aromatic carbocycles. The van der Waals surface area contributed by atoms with Gasteiger partial charge in [-0.2, -0.15) is 0 Å². The van der Waals surface area contributed by atoms with Crippen LogP contribution < -0.4 is 14.8 Å². The number of esters is 1. The molecule has 4 rings (SSSR count). The third-order valence-electron chi connectivity index (χ3n) is 5.27. The van der Waals surface area contributed by atoms with Crippen LogP contribution in [0, 0.1) is 13.8 Å². The molecule has 3 aromatic rings. The van der Waals surface area contributed by atoms with E-state index in [-0.39, 0.29) is 6.79 Å². The lowest BCUT2D eigenvalue weighted by Crippen LogP contribution is -2.30. The third kappa shape index (κ3) is 4.40. The van der Waals surface area contributed by atoms with Gasteiger partial charge in [0, 0.05) is 29.7 Å². The van der Waals surface area contributed by atoms with Crippen molar-refractivity contribution >= 4 is 17.6 Å². The van der Waals surface area contributed by atoms with Crippen LogP contribution in [-0.4, -0.2) is 29.3 Å². The Bertz CT molecular complexity index is 1120. The number of ether oxygens (including phenoxy) is 3. The fourth-order valence-electron chi connectivity index (χ4n) is 3.51. The number of carbonyl (C=O) groups excluding carboxylic acids is 2. The number of carbonyl (C=O) groups is 2. The van der Waals surface area contributed by atoms with Crippen LogP contribution >= 0.6 is 0 Å². The highest BCUT2D eigenvalue weighted by Gasteiger charge is 2.23. The van der Waals surface area contributed by atoms with Crippen molar-refractivity contribution in [3.05, 3.63) is 77.1 Å². The van der Waals surface area contributed by atoms with Crippen LogP contribution in [0.25, 0.3) is 0 Å². The number of fused-ring (bicyclic) bond motifs is 1. The van der Waals surface area contributed by atoms with Crippen LogP contribution in [-0.2, 0) is 16.1 Å². The van der Waals surface area contributed by atoms with Crippen molar-refractivity contribution in [2.75, 3.05) is 12.1 Å². The lowest BCUT2D eigenvalue weighted by Gasteiger charge is -2.14. The van der Waals surface area contributed by atoms with Crippen molar-refractivity contribution in [1.82, 2.24) is 4.57 Å². The number of benzene rings is 2. The van der Waals surface area contributed by atoms with Gasteiger partial charge < -0.3 is 24.1 Å². The van der Waals surface area contributed by atoms with Crippen LogP contribution in [0.3, 0.4) is 0 Å². The predicted octanol–water partition coefficient (Wildman–Crippen LogP) is 4.07. The normalized spacial score (nSPS) is 13.0. The molecule has 0 aliphatic carbocycles. The van der Waals surface area contributed by atoms with Gasteiger partial charge in [-0.3, -0.25) is 4.79 Å². The maximum absolute atomic E-state index is 12.8. The molecule has 2 heterocycles. The number of aryl methyl sites for hydroxylation is 1. The molecule has 1 amide bonds. The predicted molar refractivity (Wildman–Crippen MR) is 116 cm³/mol. The van der Waals surface area contributed by atoms with Crippen molar-refractivity contribution in [2.45, 2.75) is 33.4 Å². The van der Waals surface area contributed by atoms with Gasteiger partial charge in [0.1, 0.15) is 0 Å². The second-order valence-corrected chi connectivity index (χ2v) is 7.46. The van der Waals surface area contributed by atoms with Crippen LogP contribution in [0.1, 0.15) is 34.2 Å². The van der Waals surface area contributed by atoms with E-state index in [4.69, 9.17) is 14.2 Å². The molecule has 0 saturated heterocycles. The number of rotatable bonds is 6. The highest BCUT2D eigenvalue weighted by Crippen LogP contribution is 2.34. The quantitative estimate of drug-likeness (QED) is 0.609. The lowest BCUT2D eigenvalue weighted by atomic mass is 10.2. The number of aromatic nitrogens is 1. The molecule has 160 valence electrons. The Morgan fingerprint density at radius 1 is 1.06 bits per heavy atom. The van der Waals surface area contributed by atoms with Gasteiger partial charge in [0.15, 0.2) is 17.6 Å². The number of anilines is 1. The number of hydrogen-bond donors (Lipinski definition) is 1. The zero-order valence-electron chi connectivity index (χ0n) is 17.7. The molecular formula is C24H24N2O5. The molecule has 1 atom stereocenters. The molecule has 0 fully saturated rings. The van der Waals surface area contributed by atoms with E-state index in [0.29, 0.717) is 29.3 Å². The monoisotopic (exact) mass is 420 g/mol. The number of nitrogens with zero attached hydrogens (tertiary/aromatic N) is 1. The van der Waals surface area contributed by atoms with Crippen molar-refractivity contribution < 1.29 is 23.8 Å². The summed E-state index contributed by atoms with van der Waals surface area (Å²) in [6, 6.07) is 16.9. The van der Waals surface area contributed by atoms with Gasteiger partial charge in [-0.15, -0.1) is 0 Å². The minimum absolute atomic E-state index is 0.156. The summed E-state index contributed by atoms with van der Waals surface area (Å²) >= 11 is 0. The molecule has 0 bridgehead atoms. The van der Waals surface area contributed by atoms with E-state index in [9.17, 15) is 9.59 Å². The first kappa shape index (κ1) is 20.5. The minimum atomic E-state index is -0.963. The van der Waals surface area contributed by atoms with Crippen LogP contribution in [0.4, 0.5) is 5.69 Å². The Hall–Kier alpha value is -3.74. The van der Waals surface area contributed by atoms with Crippen molar-refractivity contribution in [2.24, 2.45) is 0 Å². The molecule has 7 heteroatoms. The van der Waals surface area contributed by atoms with E-state index in [1.54, 1.807) is 31.2 Å². The van der Waals surface area contributed by atoms with Gasteiger partial charge in [0.25, 0.3) is 5.91 Å². The first-order valence-corrected chi connectivity index (χ1v) is 10.0. The van der Waals surface area contributed by atoms with Gasteiger partial charge in [-0.25, -0.2) is 4.79 Å². The first-order chi connectivity index (χ1) is 14.9. The zero-order valence-corrected chi connectivity index (χ0v) is 17.7. The molecule has 1 aliphatic rings. The third-order valence-corrected chi connectivity index (χ3v) is 5.27. The highest BCUT2D eigenvalue weighted by molar-refractivity contribution is 5.98. The summed E-state index contributed by atoms with van der Waals surface area (Å²) in [4.78, 5) is 25.3. The van der Waals surface area contributed by atoms with Gasteiger partial charge >= 0.3 is 5.97 Å². The molecule has 1 aromatic heterocycles. The standard InChI is InChI=1S/C24H24N2O5/c1-15-11-20(16(2)26(15)13-18-7-5-4-6-8-18)24(28)31-17(3)23(27)25-19-9-10-21-22(12-19)30-14-29-21/h4-12,17H,13-14H2,1-3H3,(H,25,27)/t17-/m1/s1. The van der Waals surface area contributed by atoms with Crippen LogP contribution in [0.15, 0.2) is 54.6 Å². The zero-order chi connectivity index (χ0) is 22.0. The van der Waals surface area contributed by atoms with E-state index >= 15 is 0 Å². The Kier molecular flexibility index (Phi) is 5.66. The smallest absolute Gasteiger partial charge is 0.340 e. The van der Waals surface area contributed by atoms with Crippen molar-refractivity contribution in [3.63, 3.8) is 0 Å². The summed E-state index contributed by atoms with van der Waals surface area (Å²) in [6.45, 7) is 6.19. The highest BCUT2D eigenvalue weighted by atomic mass is 16.7. The summed E-state index contributed by atoms with van der Waals surface area (Å²) in [5.41, 5.74) is 3.88. The molecule has 0 unspecified atom stereocenters. The fraction of sp³-hybridized carbons (Fsp3) is 0.250. The number of amides is 1. The van der Waals surface area contributed by atoms with Crippen molar-refractivity contribution in [1.29, 1.82) is 0 Å². The summed E-state index contributed by atoms with van der Waals surface area (Å²) < 4.78 is 18.1. The number of nitrogens with one attached hydrogen (secondary N) is 1. The molecule has 1 N–H and O–H groups in total. The van der Waals surface area contributed by atoms with Crippen LogP contribution in [0.5, 0.6) is 11.5 Å². The Morgan fingerprint density at radius 3 is 2.58 bits per heavy atom. The van der Waals surface area contributed by atoms with Gasteiger partial charge in [0.2, 0.25) is 6.79 Å². The first-order valence-electron chi connectivity index (χ1n) is 10.0. The summed E-state index contributed by atoms with van der Waals surface area (Å²) in [5.74, 6) is 0.239. The summed E-state index contributed by atoms with van der Waals surface area (Å²) in [7, 11) is 0. The summed E-state index contributed by atoms with van der Waals surface area (Å²) in [6.07, 6.45) is -0.963. The van der Waals surface area contributed by atoms with Gasteiger partial charge in [-0.05, 0) is 44.5 Å². The fourth-order valence-corrected chi connectivity index (χ4v) is 3.51. The SMILES string of the molecule is Cc1cc(C(=O)O[C@H](C)C(=O)Nc2ccc3c(c2)OCO3)c(C)n1Cc1ccccc1. The topological polar surface area (TPSA) is 78.8 Å². The van der Waals surface area contributed by atoms with Crippen molar-refractivity contribution in [3.8, 4) is 11.5 Å². The molecule has 1 aliphatic heterocycles. The van der Waals surface area contributed by atoms with Crippen LogP contribution in [0.2, 0.25) is 0 Å². The maximum Gasteiger partial charge on any atom is 0.340 e. The largest absolute Gasteiger partial charge is 0.454 e. The Morgan fingerprint density at radius 2 is 1.81 bits per heavy atom. The van der Waals surface area contributed by atoms with E-state index in [1.807, 2.05) is 44.2 Å². The van der Waals surface area contributed by atoms with E-state index < -0.39 is 18.0 Å². The Labute approximate surface area is 180 Å². The Balaban J connectivity index is 1.41. The lowest BCUT2D eigenvalue weighted by molar-refractivity contribution is -0.123. The molecule has 7 nitrogen and oxygen atoms in total. The maximum atomic E-state index is 12.8. The minimum Gasteiger partial charge on any atom is -0.454 e. The summed E-state index contributed by atoms with van der Waals surface area (Å²) in [5, 5.41) is 2.74. The second kappa shape index (κ2) is 8.55. The average Bonchev–Trinajstić information content (AvgIpc) is 3.33. The molecule has 0 radical (unpaired) electrons. The van der Waals surface area contributed by atoms with E-state index in [2.05, 4.69) is 9.88 Å². The molecule has 31 heavy (non-hydrogen) atoms.